The van der Waals surface area contributed by atoms with Crippen molar-refractivity contribution in [2.24, 2.45) is 0 Å². The molecule has 0 radical (unpaired) electrons. The van der Waals surface area contributed by atoms with Crippen LogP contribution in [-0.2, 0) is 4.79 Å². The fourth-order valence-electron chi connectivity index (χ4n) is 2.34. The lowest BCUT2D eigenvalue weighted by Gasteiger charge is -2.08. The Kier molecular flexibility index (Phi) is 10.6. The highest BCUT2D eigenvalue weighted by molar-refractivity contribution is 5.70. The van der Waals surface area contributed by atoms with Gasteiger partial charge < -0.3 is 9.84 Å². The molecule has 1 rings (SSSR count). The van der Waals surface area contributed by atoms with Crippen molar-refractivity contribution in [1.82, 2.24) is 4.98 Å². The lowest BCUT2D eigenvalue weighted by molar-refractivity contribution is -0.135. The van der Waals surface area contributed by atoms with Crippen molar-refractivity contribution >= 4 is 12.0 Å². The molecule has 0 aliphatic rings. The number of unbranched alkanes of at least 4 members (excludes halogenated alkanes) is 7. The summed E-state index contributed by atoms with van der Waals surface area (Å²) in [5.74, 6) is -0.129. The van der Waals surface area contributed by atoms with Crippen LogP contribution >= 0.6 is 0 Å². The number of hydrogen-bond donors (Lipinski definition) is 1. The quantitative estimate of drug-likeness (QED) is 0.514. The van der Waals surface area contributed by atoms with Crippen molar-refractivity contribution in [2.45, 2.75) is 64.7 Å². The predicted molar refractivity (Wildman–Crippen MR) is 93.6 cm³/mol. The molecule has 1 aromatic rings. The molecule has 0 saturated heterocycles. The summed E-state index contributed by atoms with van der Waals surface area (Å²) < 4.78 is 5.78. The number of aromatic nitrogens is 1. The molecule has 1 N–H and O–H groups in total. The van der Waals surface area contributed by atoms with Crippen LogP contribution in [-0.4, -0.2) is 22.7 Å². The first-order valence-corrected chi connectivity index (χ1v) is 8.70. The normalized spacial score (nSPS) is 11.0. The minimum absolute atomic E-state index is 0.00591. The maximum atomic E-state index is 10.5. The van der Waals surface area contributed by atoms with Gasteiger partial charge in [-0.15, -0.1) is 0 Å². The van der Waals surface area contributed by atoms with Crippen molar-refractivity contribution < 1.29 is 14.6 Å². The number of carbonyl (C=O) groups is 1. The zero-order valence-corrected chi connectivity index (χ0v) is 14.2. The first-order chi connectivity index (χ1) is 11.2. The molecule has 1 heterocycles. The molecule has 4 heteroatoms. The third-order valence-corrected chi connectivity index (χ3v) is 3.62. The highest BCUT2D eigenvalue weighted by atomic mass is 16.5. The molecule has 0 atom stereocenters. The van der Waals surface area contributed by atoms with Crippen LogP contribution in [0.2, 0.25) is 0 Å². The molecular weight excluding hydrogens is 290 g/mol. The summed E-state index contributed by atoms with van der Waals surface area (Å²) in [5, 5.41) is 8.65. The topological polar surface area (TPSA) is 59.4 Å². The Morgan fingerprint density at radius 3 is 2.57 bits per heavy atom. The maximum Gasteiger partial charge on any atom is 0.307 e. The molecule has 4 nitrogen and oxygen atoms in total. The van der Waals surface area contributed by atoms with Crippen molar-refractivity contribution in [2.75, 3.05) is 6.61 Å². The van der Waals surface area contributed by atoms with E-state index in [-0.39, 0.29) is 6.42 Å². The van der Waals surface area contributed by atoms with Crippen LogP contribution in [0.4, 0.5) is 0 Å². The second kappa shape index (κ2) is 12.7. The summed E-state index contributed by atoms with van der Waals surface area (Å²) in [5.41, 5.74) is 0.688. The third-order valence-electron chi connectivity index (χ3n) is 3.62. The zero-order chi connectivity index (χ0) is 16.8. The molecule has 1 aromatic heterocycles. The molecule has 0 amide bonds. The van der Waals surface area contributed by atoms with E-state index in [0.29, 0.717) is 12.3 Å². The lowest BCUT2D eigenvalue weighted by atomic mass is 10.1. The van der Waals surface area contributed by atoms with E-state index in [1.807, 2.05) is 12.1 Å². The Morgan fingerprint density at radius 2 is 1.87 bits per heavy atom. The summed E-state index contributed by atoms with van der Waals surface area (Å²) in [6.07, 6.45) is 15.1. The van der Waals surface area contributed by atoms with Gasteiger partial charge in [-0.1, -0.05) is 57.9 Å². The highest BCUT2D eigenvalue weighted by Crippen LogP contribution is 2.18. The fraction of sp³-hybridized carbons (Fsp3) is 0.579. The summed E-state index contributed by atoms with van der Waals surface area (Å²) >= 11 is 0. The molecular formula is C19H29NO3. The first-order valence-electron chi connectivity index (χ1n) is 8.70. The summed E-state index contributed by atoms with van der Waals surface area (Å²) in [6.45, 7) is 2.92. The molecule has 0 saturated carbocycles. The minimum atomic E-state index is -0.849. The van der Waals surface area contributed by atoms with Crippen molar-refractivity contribution in [3.63, 3.8) is 0 Å². The Balaban J connectivity index is 2.21. The van der Waals surface area contributed by atoms with Crippen LogP contribution in [0.25, 0.3) is 6.08 Å². The molecule has 0 bridgehead atoms. The molecule has 0 aliphatic heterocycles. The molecule has 0 unspecified atom stereocenters. The van der Waals surface area contributed by atoms with E-state index in [1.54, 1.807) is 18.3 Å². The van der Waals surface area contributed by atoms with E-state index in [1.165, 1.54) is 44.9 Å². The van der Waals surface area contributed by atoms with E-state index in [9.17, 15) is 4.79 Å². The molecule has 23 heavy (non-hydrogen) atoms. The van der Waals surface area contributed by atoms with E-state index < -0.39 is 5.97 Å². The van der Waals surface area contributed by atoms with Gasteiger partial charge in [0, 0.05) is 6.20 Å². The average Bonchev–Trinajstić information content (AvgIpc) is 2.54. The van der Waals surface area contributed by atoms with Gasteiger partial charge in [-0.2, -0.15) is 0 Å². The van der Waals surface area contributed by atoms with Gasteiger partial charge in [-0.3, -0.25) is 9.78 Å². The molecule has 0 aromatic carbocycles. The predicted octanol–water partition coefficient (Wildman–Crippen LogP) is 5.09. The number of pyridine rings is 1. The number of carboxylic acid groups (broad SMARTS) is 1. The zero-order valence-electron chi connectivity index (χ0n) is 14.2. The molecule has 0 spiro atoms. The van der Waals surface area contributed by atoms with Gasteiger partial charge in [-0.25, -0.2) is 0 Å². The first kappa shape index (κ1) is 19.2. The van der Waals surface area contributed by atoms with Crippen LogP contribution in [0.1, 0.15) is 70.4 Å². The monoisotopic (exact) mass is 319 g/mol. The van der Waals surface area contributed by atoms with Gasteiger partial charge in [-0.05, 0) is 24.6 Å². The largest absolute Gasteiger partial charge is 0.491 e. The van der Waals surface area contributed by atoms with E-state index in [4.69, 9.17) is 9.84 Å². The van der Waals surface area contributed by atoms with Gasteiger partial charge in [0.2, 0.25) is 0 Å². The van der Waals surface area contributed by atoms with Gasteiger partial charge in [0.25, 0.3) is 0 Å². The van der Waals surface area contributed by atoms with Crippen LogP contribution in [0, 0.1) is 0 Å². The van der Waals surface area contributed by atoms with Crippen LogP contribution in [0.15, 0.2) is 24.4 Å². The number of aliphatic carboxylic acids is 1. The van der Waals surface area contributed by atoms with Crippen LogP contribution in [0.3, 0.4) is 0 Å². The number of carboxylic acids is 1. The second-order valence-electron chi connectivity index (χ2n) is 5.71. The number of hydrogen-bond acceptors (Lipinski definition) is 3. The van der Waals surface area contributed by atoms with Crippen molar-refractivity contribution in [1.29, 1.82) is 0 Å². The fourth-order valence-corrected chi connectivity index (χ4v) is 2.34. The Morgan fingerprint density at radius 1 is 1.17 bits per heavy atom. The Hall–Kier alpha value is -1.84. The number of ether oxygens (including phenoxy) is 1. The van der Waals surface area contributed by atoms with Gasteiger partial charge >= 0.3 is 5.97 Å². The summed E-state index contributed by atoms with van der Waals surface area (Å²) in [6, 6.07) is 3.70. The molecule has 0 aliphatic carbocycles. The lowest BCUT2D eigenvalue weighted by Crippen LogP contribution is -2.00. The van der Waals surface area contributed by atoms with E-state index >= 15 is 0 Å². The molecule has 0 fully saturated rings. The Bertz CT molecular complexity index is 471. The Labute approximate surface area is 139 Å². The smallest absolute Gasteiger partial charge is 0.307 e. The van der Waals surface area contributed by atoms with Gasteiger partial charge in [0.15, 0.2) is 0 Å². The summed E-state index contributed by atoms with van der Waals surface area (Å²) in [7, 11) is 0. The maximum absolute atomic E-state index is 10.5. The van der Waals surface area contributed by atoms with Crippen LogP contribution in [0.5, 0.6) is 5.75 Å². The standard InChI is InChI=1S/C19H29NO3/c1-2-3-4-5-6-7-8-9-16-23-18-13-11-15-20-17(18)12-10-14-19(21)22/h10-13,15H,2-9,14,16H2,1H3,(H,21,22). The van der Waals surface area contributed by atoms with Crippen molar-refractivity contribution in [3.8, 4) is 5.75 Å². The third kappa shape index (κ3) is 9.72. The van der Waals surface area contributed by atoms with E-state index in [0.717, 1.165) is 12.2 Å². The van der Waals surface area contributed by atoms with E-state index in [2.05, 4.69) is 11.9 Å². The molecule has 128 valence electrons. The SMILES string of the molecule is CCCCCCCCCCOc1cccnc1C=CCC(=O)O. The van der Waals surface area contributed by atoms with Gasteiger partial charge in [0.1, 0.15) is 11.4 Å². The minimum Gasteiger partial charge on any atom is -0.491 e. The van der Waals surface area contributed by atoms with Crippen LogP contribution < -0.4 is 4.74 Å². The summed E-state index contributed by atoms with van der Waals surface area (Å²) in [4.78, 5) is 14.8. The number of nitrogens with zero attached hydrogens (tertiary/aromatic N) is 1. The van der Waals surface area contributed by atoms with Crippen molar-refractivity contribution in [3.05, 3.63) is 30.1 Å². The number of rotatable bonds is 13. The average molecular weight is 319 g/mol. The second-order valence-corrected chi connectivity index (χ2v) is 5.71. The van der Waals surface area contributed by atoms with Gasteiger partial charge in [0.05, 0.1) is 13.0 Å². The highest BCUT2D eigenvalue weighted by Gasteiger charge is 2.01.